The summed E-state index contributed by atoms with van der Waals surface area (Å²) in [6.07, 6.45) is 0. The number of hydrogen-bond donors (Lipinski definition) is 6. The first-order valence-corrected chi connectivity index (χ1v) is 7.52. The molecule has 7 nitrogen and oxygen atoms in total. The van der Waals surface area contributed by atoms with E-state index in [1.807, 2.05) is 6.07 Å². The minimum Gasteiger partial charge on any atom is -0.392 e. The zero-order chi connectivity index (χ0) is 17.7. The van der Waals surface area contributed by atoms with Gasteiger partial charge in [-0.05, 0) is 29.3 Å². The van der Waals surface area contributed by atoms with E-state index in [4.69, 9.17) is 0 Å². The second kappa shape index (κ2) is 8.06. The quantitative estimate of drug-likeness (QED) is 0.431. The van der Waals surface area contributed by atoms with Crippen molar-refractivity contribution in [1.29, 1.82) is 5.26 Å². The van der Waals surface area contributed by atoms with Gasteiger partial charge >= 0.3 is 0 Å². The third-order valence-corrected chi connectivity index (χ3v) is 4.09. The van der Waals surface area contributed by atoms with E-state index in [-0.39, 0.29) is 32.1 Å². The summed E-state index contributed by atoms with van der Waals surface area (Å²) in [6.45, 7) is -0.818. The van der Waals surface area contributed by atoms with Gasteiger partial charge < -0.3 is 30.7 Å². The van der Waals surface area contributed by atoms with E-state index in [2.05, 4.69) is 10.3 Å². The third-order valence-electron chi connectivity index (χ3n) is 4.09. The van der Waals surface area contributed by atoms with Crippen LogP contribution in [0.1, 0.15) is 33.6 Å². The van der Waals surface area contributed by atoms with E-state index in [1.165, 1.54) is 0 Å². The molecule has 0 saturated carbocycles. The van der Waals surface area contributed by atoms with Crippen LogP contribution in [0, 0.1) is 11.3 Å². The number of aromatic nitrogens is 1. The number of aliphatic hydroxyl groups is 4. The molecule has 2 rings (SSSR count). The summed E-state index contributed by atoms with van der Waals surface area (Å²) in [4.78, 5) is 2.99. The Morgan fingerprint density at radius 3 is 2.17 bits per heavy atom. The van der Waals surface area contributed by atoms with E-state index >= 15 is 0 Å². The fraction of sp³-hybridized carbons (Fsp3) is 0.353. The second-order valence-corrected chi connectivity index (χ2v) is 5.34. The van der Waals surface area contributed by atoms with Crippen LogP contribution < -0.4 is 5.32 Å². The largest absolute Gasteiger partial charge is 0.392 e. The van der Waals surface area contributed by atoms with E-state index in [0.29, 0.717) is 45.6 Å². The van der Waals surface area contributed by atoms with Crippen LogP contribution in [-0.2, 0) is 33.0 Å². The predicted molar refractivity (Wildman–Crippen MR) is 87.4 cm³/mol. The molecule has 0 fully saturated rings. The van der Waals surface area contributed by atoms with Crippen molar-refractivity contribution in [3.63, 3.8) is 0 Å². The highest BCUT2D eigenvalue weighted by Gasteiger charge is 2.22. The van der Waals surface area contributed by atoms with Crippen LogP contribution >= 0.6 is 0 Å². The van der Waals surface area contributed by atoms with Crippen molar-refractivity contribution >= 4 is 0 Å². The molecule has 1 aromatic carbocycles. The highest BCUT2D eigenvalue weighted by molar-refractivity contribution is 5.77. The van der Waals surface area contributed by atoms with Gasteiger partial charge in [-0.3, -0.25) is 0 Å². The minimum atomic E-state index is -0.337. The van der Waals surface area contributed by atoms with Gasteiger partial charge in [-0.25, -0.2) is 0 Å². The van der Waals surface area contributed by atoms with Gasteiger partial charge in [-0.1, -0.05) is 12.1 Å². The van der Waals surface area contributed by atoms with Crippen LogP contribution in [0.4, 0.5) is 0 Å². The molecule has 0 aliphatic carbocycles. The molecule has 0 saturated heterocycles. The van der Waals surface area contributed by atoms with Crippen molar-refractivity contribution in [2.24, 2.45) is 0 Å². The summed E-state index contributed by atoms with van der Waals surface area (Å²) in [6, 6.07) is 5.42. The molecule has 0 aliphatic rings. The standard InChI is InChI=1S/C17H21N3O4/c1-19-5-16-17(14(9-24)15(4-18)20-16)11-3-2-10(6-21)12(7-22)13(11)8-23/h2-3,19-24H,5-9H2,1H3. The molecule has 0 amide bonds. The number of rotatable bonds is 7. The molecule has 0 aliphatic heterocycles. The lowest BCUT2D eigenvalue weighted by Crippen LogP contribution is -2.08. The first kappa shape index (κ1) is 18.1. The Bertz CT molecular complexity index is 762. The Morgan fingerprint density at radius 1 is 1.00 bits per heavy atom. The number of nitrogens with zero attached hydrogens (tertiary/aromatic N) is 1. The first-order chi connectivity index (χ1) is 11.7. The average molecular weight is 331 g/mol. The Hall–Kier alpha value is -2.21. The summed E-state index contributed by atoms with van der Waals surface area (Å²) in [5.74, 6) is 0. The van der Waals surface area contributed by atoms with Crippen LogP contribution in [0.15, 0.2) is 12.1 Å². The molecule has 2 aromatic rings. The zero-order valence-electron chi connectivity index (χ0n) is 13.4. The zero-order valence-corrected chi connectivity index (χ0v) is 13.4. The van der Waals surface area contributed by atoms with E-state index in [9.17, 15) is 25.7 Å². The maximum absolute atomic E-state index is 9.81. The summed E-state index contributed by atoms with van der Waals surface area (Å²) < 4.78 is 0. The normalized spacial score (nSPS) is 10.8. The summed E-state index contributed by atoms with van der Waals surface area (Å²) in [7, 11) is 1.76. The van der Waals surface area contributed by atoms with Crippen molar-refractivity contribution in [2.45, 2.75) is 33.0 Å². The van der Waals surface area contributed by atoms with Crippen LogP contribution in [0.2, 0.25) is 0 Å². The van der Waals surface area contributed by atoms with Gasteiger partial charge in [0.25, 0.3) is 0 Å². The second-order valence-electron chi connectivity index (χ2n) is 5.34. The molecule has 0 radical (unpaired) electrons. The molecular weight excluding hydrogens is 310 g/mol. The number of benzene rings is 1. The van der Waals surface area contributed by atoms with Crippen molar-refractivity contribution < 1.29 is 20.4 Å². The van der Waals surface area contributed by atoms with Gasteiger partial charge in [-0.2, -0.15) is 5.26 Å². The minimum absolute atomic E-state index is 0.254. The van der Waals surface area contributed by atoms with Crippen molar-refractivity contribution in [1.82, 2.24) is 10.3 Å². The average Bonchev–Trinajstić information content (AvgIpc) is 2.97. The number of aromatic amines is 1. The number of hydrogen-bond acceptors (Lipinski definition) is 6. The van der Waals surface area contributed by atoms with Crippen LogP contribution in [0.5, 0.6) is 0 Å². The molecule has 0 bridgehead atoms. The van der Waals surface area contributed by atoms with Crippen molar-refractivity contribution in [2.75, 3.05) is 7.05 Å². The lowest BCUT2D eigenvalue weighted by Gasteiger charge is -2.17. The number of H-pyrrole nitrogens is 1. The predicted octanol–water partition coefficient (Wildman–Crippen LogP) is 0.242. The Labute approximate surface area is 139 Å². The lowest BCUT2D eigenvalue weighted by atomic mass is 9.90. The number of nitrogens with one attached hydrogen (secondary N) is 2. The molecule has 7 heteroatoms. The summed E-state index contributed by atoms with van der Waals surface area (Å²) >= 11 is 0. The summed E-state index contributed by atoms with van der Waals surface area (Å²) in [5, 5.41) is 50.9. The smallest absolute Gasteiger partial charge is 0.124 e. The Kier molecular flexibility index (Phi) is 6.09. The molecule has 24 heavy (non-hydrogen) atoms. The maximum Gasteiger partial charge on any atom is 0.124 e. The van der Waals surface area contributed by atoms with Crippen LogP contribution in [-0.4, -0.2) is 32.5 Å². The Balaban J connectivity index is 2.80. The molecule has 0 unspecified atom stereocenters. The number of nitriles is 1. The van der Waals surface area contributed by atoms with Gasteiger partial charge in [0, 0.05) is 23.4 Å². The van der Waals surface area contributed by atoms with Gasteiger partial charge in [0.1, 0.15) is 11.8 Å². The Morgan fingerprint density at radius 2 is 1.67 bits per heavy atom. The topological polar surface area (TPSA) is 133 Å². The first-order valence-electron chi connectivity index (χ1n) is 7.52. The maximum atomic E-state index is 9.81. The van der Waals surface area contributed by atoms with Gasteiger partial charge in [0.2, 0.25) is 0 Å². The third kappa shape index (κ3) is 3.06. The van der Waals surface area contributed by atoms with E-state index in [1.54, 1.807) is 19.2 Å². The van der Waals surface area contributed by atoms with Gasteiger partial charge in [0.15, 0.2) is 0 Å². The summed E-state index contributed by atoms with van der Waals surface area (Å²) in [5.41, 5.74) is 4.11. The van der Waals surface area contributed by atoms with Gasteiger partial charge in [-0.15, -0.1) is 0 Å². The monoisotopic (exact) mass is 331 g/mol. The van der Waals surface area contributed by atoms with Crippen LogP contribution in [0.3, 0.4) is 0 Å². The molecule has 0 spiro atoms. The van der Waals surface area contributed by atoms with Crippen molar-refractivity contribution in [3.05, 3.63) is 45.8 Å². The van der Waals surface area contributed by atoms with Crippen molar-refractivity contribution in [3.8, 4) is 17.2 Å². The highest BCUT2D eigenvalue weighted by Crippen LogP contribution is 2.35. The fourth-order valence-electron chi connectivity index (χ4n) is 2.99. The number of aliphatic hydroxyl groups excluding tert-OH is 4. The highest BCUT2D eigenvalue weighted by atomic mass is 16.3. The van der Waals surface area contributed by atoms with E-state index in [0.717, 1.165) is 0 Å². The fourth-order valence-corrected chi connectivity index (χ4v) is 2.99. The molecule has 1 heterocycles. The molecule has 0 atom stereocenters. The SMILES string of the molecule is CNCc1[nH]c(C#N)c(CO)c1-c1ccc(CO)c(CO)c1CO. The molecule has 128 valence electrons. The van der Waals surface area contributed by atoms with Crippen LogP contribution in [0.25, 0.3) is 11.1 Å². The molecular formula is C17H21N3O4. The molecule has 6 N–H and O–H groups in total. The van der Waals surface area contributed by atoms with E-state index < -0.39 is 0 Å². The lowest BCUT2D eigenvalue weighted by molar-refractivity contribution is 0.248. The molecule has 1 aromatic heterocycles. The van der Waals surface area contributed by atoms with Gasteiger partial charge in [0.05, 0.1) is 26.4 Å².